The van der Waals surface area contributed by atoms with E-state index >= 15 is 0 Å². The Balaban J connectivity index is 1.47. The second-order valence-corrected chi connectivity index (χ2v) is 7.05. The number of piperidine rings is 1. The van der Waals surface area contributed by atoms with Gasteiger partial charge in [0.2, 0.25) is 5.91 Å². The third-order valence-electron chi connectivity index (χ3n) is 4.51. The van der Waals surface area contributed by atoms with Gasteiger partial charge >= 0.3 is 0 Å². The maximum absolute atomic E-state index is 11.6. The molecule has 0 atom stereocenters. The first-order valence-electron chi connectivity index (χ1n) is 8.79. The van der Waals surface area contributed by atoms with E-state index < -0.39 is 0 Å². The molecule has 134 valence electrons. The monoisotopic (exact) mass is 359 g/mol. The molecule has 1 N–H and O–H groups in total. The van der Waals surface area contributed by atoms with E-state index in [-0.39, 0.29) is 5.91 Å². The Labute approximate surface area is 152 Å². The van der Waals surface area contributed by atoms with Crippen LogP contribution in [-0.2, 0) is 11.3 Å². The Morgan fingerprint density at radius 3 is 2.84 bits per heavy atom. The summed E-state index contributed by atoms with van der Waals surface area (Å²) in [5.74, 6) is 1.10. The number of carbonyl (C=O) groups is 1. The fourth-order valence-electron chi connectivity index (χ4n) is 3.10. The highest BCUT2D eigenvalue weighted by atomic mass is 32.1. The molecule has 0 saturated carbocycles. The predicted octanol–water partition coefficient (Wildman–Crippen LogP) is 2.67. The lowest BCUT2D eigenvalue weighted by molar-refractivity contribution is -0.116. The highest BCUT2D eigenvalue weighted by Crippen LogP contribution is 2.21. The Hall–Kier alpha value is -1.99. The average Bonchev–Trinajstić information content (AvgIpc) is 3.10. The van der Waals surface area contributed by atoms with Crippen LogP contribution in [0.2, 0.25) is 0 Å². The molecule has 0 aliphatic carbocycles. The molecule has 1 aliphatic rings. The molecular weight excluding hydrogens is 334 g/mol. The van der Waals surface area contributed by atoms with Gasteiger partial charge in [-0.15, -0.1) is 11.3 Å². The van der Waals surface area contributed by atoms with Crippen LogP contribution in [0.5, 0.6) is 0 Å². The summed E-state index contributed by atoms with van der Waals surface area (Å²) in [6.45, 7) is 6.99. The molecule has 0 unspecified atom stereocenters. The van der Waals surface area contributed by atoms with Crippen molar-refractivity contribution >= 4 is 28.2 Å². The van der Waals surface area contributed by atoms with Crippen molar-refractivity contribution in [2.45, 2.75) is 39.3 Å². The van der Waals surface area contributed by atoms with Crippen LogP contribution in [0.4, 0.5) is 10.9 Å². The number of hydrogen-bond donors (Lipinski definition) is 1. The predicted molar refractivity (Wildman–Crippen MR) is 102 cm³/mol. The van der Waals surface area contributed by atoms with Gasteiger partial charge in [-0.2, -0.15) is 0 Å². The molecule has 25 heavy (non-hydrogen) atoms. The lowest BCUT2D eigenvalue weighted by Crippen LogP contribution is -2.42. The van der Waals surface area contributed by atoms with Crippen LogP contribution in [0.1, 0.15) is 32.4 Å². The van der Waals surface area contributed by atoms with E-state index in [4.69, 9.17) is 0 Å². The van der Waals surface area contributed by atoms with Crippen LogP contribution in [0.15, 0.2) is 29.8 Å². The topological polar surface area (TPSA) is 61.4 Å². The number of carbonyl (C=O) groups excluding carboxylic acids is 1. The van der Waals surface area contributed by atoms with Gasteiger partial charge in [-0.3, -0.25) is 9.69 Å². The number of rotatable bonds is 6. The van der Waals surface area contributed by atoms with Gasteiger partial charge < -0.3 is 10.2 Å². The van der Waals surface area contributed by atoms with Gasteiger partial charge in [0.15, 0.2) is 5.13 Å². The molecule has 1 aliphatic heterocycles. The molecule has 0 spiro atoms. The minimum Gasteiger partial charge on any atom is -0.357 e. The Kier molecular flexibility index (Phi) is 5.99. The first-order chi connectivity index (χ1) is 12.2. The van der Waals surface area contributed by atoms with Crippen molar-refractivity contribution in [1.82, 2.24) is 15.3 Å². The van der Waals surface area contributed by atoms with E-state index in [2.05, 4.69) is 26.3 Å². The molecule has 1 fully saturated rings. The van der Waals surface area contributed by atoms with Gasteiger partial charge in [0.05, 0.1) is 5.69 Å². The number of hydrogen-bond acceptors (Lipinski definition) is 6. The second kappa shape index (κ2) is 8.40. The largest absolute Gasteiger partial charge is 0.357 e. The van der Waals surface area contributed by atoms with Crippen molar-refractivity contribution < 1.29 is 4.79 Å². The number of nitrogens with one attached hydrogen (secondary N) is 1. The summed E-state index contributed by atoms with van der Waals surface area (Å²) in [6.07, 6.45) is 4.05. The van der Waals surface area contributed by atoms with Crippen LogP contribution >= 0.6 is 11.3 Å². The first kappa shape index (κ1) is 17.8. The summed E-state index contributed by atoms with van der Waals surface area (Å²) in [6, 6.07) is 6.55. The number of nitrogens with zero attached hydrogens (tertiary/aromatic N) is 4. The number of pyridine rings is 1. The normalized spacial score (nSPS) is 15.4. The van der Waals surface area contributed by atoms with Gasteiger partial charge in [-0.25, -0.2) is 9.97 Å². The van der Waals surface area contributed by atoms with Crippen molar-refractivity contribution in [3.05, 3.63) is 35.5 Å². The molecule has 0 radical (unpaired) electrons. The van der Waals surface area contributed by atoms with E-state index in [1.54, 1.807) is 11.8 Å². The molecule has 2 aromatic heterocycles. The second-order valence-electron chi connectivity index (χ2n) is 6.21. The fraction of sp³-hybridized carbons (Fsp3) is 0.500. The summed E-state index contributed by atoms with van der Waals surface area (Å²) < 4.78 is 0. The molecule has 1 saturated heterocycles. The van der Waals surface area contributed by atoms with Crippen molar-refractivity contribution in [2.24, 2.45) is 0 Å². The van der Waals surface area contributed by atoms with E-state index in [0.29, 0.717) is 12.6 Å². The summed E-state index contributed by atoms with van der Waals surface area (Å²) >= 11 is 1.53. The van der Waals surface area contributed by atoms with Gasteiger partial charge in [0.25, 0.3) is 0 Å². The summed E-state index contributed by atoms with van der Waals surface area (Å²) in [5, 5.41) is 6.43. The highest BCUT2D eigenvalue weighted by molar-refractivity contribution is 7.14. The summed E-state index contributed by atoms with van der Waals surface area (Å²) in [4.78, 5) is 24.7. The lowest BCUT2D eigenvalue weighted by atomic mass is 10.0. The maximum atomic E-state index is 11.6. The van der Waals surface area contributed by atoms with Crippen LogP contribution in [0, 0.1) is 0 Å². The fourth-order valence-corrected chi connectivity index (χ4v) is 4.03. The van der Waals surface area contributed by atoms with Crippen molar-refractivity contribution in [3.8, 4) is 0 Å². The van der Waals surface area contributed by atoms with E-state index in [9.17, 15) is 4.79 Å². The molecule has 3 rings (SSSR count). The van der Waals surface area contributed by atoms with Crippen molar-refractivity contribution in [2.75, 3.05) is 29.4 Å². The molecule has 0 aromatic carbocycles. The Morgan fingerprint density at radius 2 is 2.20 bits per heavy atom. The molecule has 3 heterocycles. The summed E-state index contributed by atoms with van der Waals surface area (Å²) in [5.41, 5.74) is 1.01. The average molecular weight is 359 g/mol. The van der Waals surface area contributed by atoms with Crippen LogP contribution < -0.4 is 15.1 Å². The van der Waals surface area contributed by atoms with Crippen LogP contribution in [-0.4, -0.2) is 41.6 Å². The smallest absolute Gasteiger partial charge is 0.225 e. The molecular formula is C18H25N5OS. The lowest BCUT2D eigenvalue weighted by Gasteiger charge is -2.33. The minimum atomic E-state index is 0.0400. The molecule has 0 bridgehead atoms. The zero-order valence-electron chi connectivity index (χ0n) is 14.8. The standard InChI is InChI=1S/C18H25N5OS/c1-3-23(14(2)24)18-21-16(13-25-18)12-20-15-7-10-22(11-8-15)17-6-4-5-9-19-17/h4-6,9,13,15,20H,3,7-8,10-12H2,1-2H3. The SMILES string of the molecule is CCN(C(C)=O)c1nc(CNC2CCN(c3ccccn3)CC2)cs1. The number of aromatic nitrogens is 2. The molecule has 6 nitrogen and oxygen atoms in total. The van der Waals surface area contributed by atoms with Gasteiger partial charge in [-0.05, 0) is 31.9 Å². The van der Waals surface area contributed by atoms with Gasteiger partial charge in [-0.1, -0.05) is 6.07 Å². The number of amides is 1. The van der Waals surface area contributed by atoms with Crippen molar-refractivity contribution in [3.63, 3.8) is 0 Å². The maximum Gasteiger partial charge on any atom is 0.225 e. The molecule has 2 aromatic rings. The zero-order valence-corrected chi connectivity index (χ0v) is 15.6. The third-order valence-corrected chi connectivity index (χ3v) is 5.42. The van der Waals surface area contributed by atoms with Crippen molar-refractivity contribution in [1.29, 1.82) is 0 Å². The Bertz CT molecular complexity index is 682. The molecule has 1 amide bonds. The van der Waals surface area contributed by atoms with E-state index in [0.717, 1.165) is 49.1 Å². The first-order valence-corrected chi connectivity index (χ1v) is 9.67. The number of thiazole rings is 1. The van der Waals surface area contributed by atoms with Gasteiger partial charge in [0, 0.05) is 50.7 Å². The minimum absolute atomic E-state index is 0.0400. The van der Waals surface area contributed by atoms with E-state index in [1.165, 1.54) is 11.3 Å². The zero-order chi connectivity index (χ0) is 17.6. The quantitative estimate of drug-likeness (QED) is 0.859. The highest BCUT2D eigenvalue weighted by Gasteiger charge is 2.20. The third kappa shape index (κ3) is 4.55. The number of anilines is 2. The Morgan fingerprint density at radius 1 is 1.40 bits per heavy atom. The van der Waals surface area contributed by atoms with E-state index in [1.807, 2.05) is 30.6 Å². The van der Waals surface area contributed by atoms with Gasteiger partial charge in [0.1, 0.15) is 5.82 Å². The molecule has 7 heteroatoms. The van der Waals surface area contributed by atoms with Crippen LogP contribution in [0.25, 0.3) is 0 Å². The summed E-state index contributed by atoms with van der Waals surface area (Å²) in [7, 11) is 0. The van der Waals surface area contributed by atoms with Crippen LogP contribution in [0.3, 0.4) is 0 Å².